The van der Waals surface area contributed by atoms with E-state index in [0.717, 1.165) is 11.5 Å². The molecule has 0 aliphatic carbocycles. The molecule has 20 heavy (non-hydrogen) atoms. The van der Waals surface area contributed by atoms with Gasteiger partial charge >= 0.3 is 0 Å². The first-order valence-electron chi connectivity index (χ1n) is 6.15. The Bertz CT molecular complexity index is 582. The van der Waals surface area contributed by atoms with Crippen molar-refractivity contribution in [1.82, 2.24) is 15.2 Å². The Balaban J connectivity index is 1.84. The molecule has 1 aromatic heterocycles. The highest BCUT2D eigenvalue weighted by Gasteiger charge is 2.09. The van der Waals surface area contributed by atoms with Crippen molar-refractivity contribution in [3.8, 4) is 0 Å². The van der Waals surface area contributed by atoms with Crippen molar-refractivity contribution in [2.24, 2.45) is 0 Å². The maximum atomic E-state index is 11.8. The van der Waals surface area contributed by atoms with Crippen LogP contribution in [-0.4, -0.2) is 26.8 Å². The Labute approximate surface area is 126 Å². The van der Waals surface area contributed by atoms with Crippen molar-refractivity contribution < 1.29 is 4.79 Å². The number of hydrogen-bond donors (Lipinski definition) is 2. The van der Waals surface area contributed by atoms with E-state index in [2.05, 4.69) is 20.5 Å². The smallest absolute Gasteiger partial charge is 0.234 e. The number of halogens is 1. The van der Waals surface area contributed by atoms with Crippen molar-refractivity contribution in [2.75, 3.05) is 11.1 Å². The first kappa shape index (κ1) is 14.9. The van der Waals surface area contributed by atoms with Crippen LogP contribution in [0.3, 0.4) is 0 Å². The number of nitrogens with zero attached hydrogens (tertiary/aromatic N) is 2. The molecule has 106 valence electrons. The summed E-state index contributed by atoms with van der Waals surface area (Å²) < 4.78 is 0. The van der Waals surface area contributed by atoms with E-state index in [1.165, 1.54) is 11.8 Å². The summed E-state index contributed by atoms with van der Waals surface area (Å²) in [6, 6.07) is 6.98. The van der Waals surface area contributed by atoms with Crippen molar-refractivity contribution in [3.63, 3.8) is 0 Å². The number of hydrogen-bond acceptors (Lipinski definition) is 4. The molecule has 2 aromatic rings. The number of thioether (sulfide) groups is 1. The molecule has 0 fully saturated rings. The van der Waals surface area contributed by atoms with Gasteiger partial charge in [0.05, 0.1) is 5.75 Å². The third-order valence-electron chi connectivity index (χ3n) is 2.49. The molecule has 0 spiro atoms. The Morgan fingerprint density at radius 3 is 2.70 bits per heavy atom. The summed E-state index contributed by atoms with van der Waals surface area (Å²) in [6.07, 6.45) is 0. The van der Waals surface area contributed by atoms with Crippen LogP contribution < -0.4 is 5.32 Å². The molecule has 0 saturated carbocycles. The van der Waals surface area contributed by atoms with E-state index < -0.39 is 0 Å². The fourth-order valence-corrected chi connectivity index (χ4v) is 2.17. The van der Waals surface area contributed by atoms with E-state index in [0.29, 0.717) is 16.1 Å². The van der Waals surface area contributed by atoms with Crippen LogP contribution in [-0.2, 0) is 4.79 Å². The monoisotopic (exact) mass is 310 g/mol. The molecule has 0 unspecified atom stereocenters. The minimum atomic E-state index is -0.104. The van der Waals surface area contributed by atoms with E-state index in [1.54, 1.807) is 24.3 Å². The van der Waals surface area contributed by atoms with Gasteiger partial charge in [0.25, 0.3) is 0 Å². The van der Waals surface area contributed by atoms with E-state index in [1.807, 2.05) is 13.8 Å². The predicted octanol–water partition coefficient (Wildman–Crippen LogP) is 3.31. The number of benzene rings is 1. The number of carbonyl (C=O) groups excluding carboxylic acids is 1. The Hall–Kier alpha value is -1.53. The quantitative estimate of drug-likeness (QED) is 0.831. The van der Waals surface area contributed by atoms with Gasteiger partial charge in [-0.25, -0.2) is 4.98 Å². The second kappa shape index (κ2) is 6.76. The Kier molecular flexibility index (Phi) is 5.03. The lowest BCUT2D eigenvalue weighted by Crippen LogP contribution is -2.13. The van der Waals surface area contributed by atoms with E-state index >= 15 is 0 Å². The number of amides is 1. The molecule has 2 rings (SSSR count). The molecular formula is C13H15ClN4OS. The molecule has 0 bridgehead atoms. The summed E-state index contributed by atoms with van der Waals surface area (Å²) in [5.41, 5.74) is 0.720. The SMILES string of the molecule is CC(C)c1nc(SCC(=O)Nc2ccc(Cl)cc2)n[nH]1. The van der Waals surface area contributed by atoms with Gasteiger partial charge in [0.1, 0.15) is 5.82 Å². The standard InChI is InChI=1S/C13H15ClN4OS/c1-8(2)12-16-13(18-17-12)20-7-11(19)15-10-5-3-9(14)4-6-10/h3-6,8H,7H2,1-2H3,(H,15,19)(H,16,17,18). The minimum absolute atomic E-state index is 0.104. The van der Waals surface area contributed by atoms with E-state index in [9.17, 15) is 4.79 Å². The third-order valence-corrected chi connectivity index (χ3v) is 3.59. The van der Waals surface area contributed by atoms with Crippen molar-refractivity contribution in [2.45, 2.75) is 24.9 Å². The zero-order valence-electron chi connectivity index (χ0n) is 11.2. The summed E-state index contributed by atoms with van der Waals surface area (Å²) in [5, 5.41) is 10.9. The van der Waals surface area contributed by atoms with E-state index in [4.69, 9.17) is 11.6 Å². The second-order valence-electron chi connectivity index (χ2n) is 4.50. The number of aromatic nitrogens is 3. The molecule has 0 saturated heterocycles. The van der Waals surface area contributed by atoms with Crippen LogP contribution in [0.5, 0.6) is 0 Å². The highest BCUT2D eigenvalue weighted by atomic mass is 35.5. The highest BCUT2D eigenvalue weighted by Crippen LogP contribution is 2.17. The average molecular weight is 311 g/mol. The predicted molar refractivity (Wildman–Crippen MR) is 81.3 cm³/mol. The van der Waals surface area contributed by atoms with Crippen LogP contribution in [0.25, 0.3) is 0 Å². The molecular weight excluding hydrogens is 296 g/mol. The van der Waals surface area contributed by atoms with E-state index in [-0.39, 0.29) is 11.7 Å². The van der Waals surface area contributed by atoms with Crippen LogP contribution >= 0.6 is 23.4 Å². The van der Waals surface area contributed by atoms with Gasteiger partial charge in [-0.15, -0.1) is 5.10 Å². The molecule has 0 aliphatic rings. The Morgan fingerprint density at radius 2 is 2.10 bits per heavy atom. The molecule has 5 nitrogen and oxygen atoms in total. The van der Waals surface area contributed by atoms with Crippen LogP contribution in [0.15, 0.2) is 29.4 Å². The molecule has 1 heterocycles. The van der Waals surface area contributed by atoms with Gasteiger partial charge in [-0.3, -0.25) is 9.89 Å². The van der Waals surface area contributed by atoms with Gasteiger partial charge in [0, 0.05) is 16.6 Å². The molecule has 0 radical (unpaired) electrons. The topological polar surface area (TPSA) is 70.7 Å². The largest absolute Gasteiger partial charge is 0.325 e. The van der Waals surface area contributed by atoms with Gasteiger partial charge in [-0.2, -0.15) is 0 Å². The molecule has 0 aliphatic heterocycles. The first-order chi connectivity index (χ1) is 9.54. The lowest BCUT2D eigenvalue weighted by molar-refractivity contribution is -0.113. The van der Waals surface area contributed by atoms with Crippen molar-refractivity contribution in [1.29, 1.82) is 0 Å². The number of nitrogens with one attached hydrogen (secondary N) is 2. The van der Waals surface area contributed by atoms with Crippen LogP contribution in [0.4, 0.5) is 5.69 Å². The minimum Gasteiger partial charge on any atom is -0.325 e. The van der Waals surface area contributed by atoms with Crippen molar-refractivity contribution in [3.05, 3.63) is 35.1 Å². The average Bonchev–Trinajstić information content (AvgIpc) is 2.88. The summed E-state index contributed by atoms with van der Waals surface area (Å²) in [6.45, 7) is 4.06. The first-order valence-corrected chi connectivity index (χ1v) is 7.51. The van der Waals surface area contributed by atoms with Gasteiger partial charge in [-0.05, 0) is 24.3 Å². The van der Waals surface area contributed by atoms with Crippen LogP contribution in [0.1, 0.15) is 25.6 Å². The molecule has 1 amide bonds. The summed E-state index contributed by atoms with van der Waals surface area (Å²) in [5.74, 6) is 1.27. The molecule has 1 aromatic carbocycles. The lowest BCUT2D eigenvalue weighted by atomic mass is 10.2. The summed E-state index contributed by atoms with van der Waals surface area (Å²) in [7, 11) is 0. The highest BCUT2D eigenvalue weighted by molar-refractivity contribution is 7.99. The van der Waals surface area contributed by atoms with Crippen molar-refractivity contribution >= 4 is 35.0 Å². The van der Waals surface area contributed by atoms with Crippen LogP contribution in [0.2, 0.25) is 5.02 Å². The van der Waals surface area contributed by atoms with Gasteiger partial charge in [0.2, 0.25) is 11.1 Å². The number of carbonyl (C=O) groups is 1. The van der Waals surface area contributed by atoms with Gasteiger partial charge in [0.15, 0.2) is 0 Å². The number of rotatable bonds is 5. The van der Waals surface area contributed by atoms with Crippen LogP contribution in [0, 0.1) is 0 Å². The molecule has 2 N–H and O–H groups in total. The fourth-order valence-electron chi connectivity index (χ4n) is 1.44. The zero-order chi connectivity index (χ0) is 14.5. The summed E-state index contributed by atoms with van der Waals surface area (Å²) in [4.78, 5) is 16.1. The van der Waals surface area contributed by atoms with Gasteiger partial charge < -0.3 is 5.32 Å². The third kappa shape index (κ3) is 4.25. The molecule has 0 atom stereocenters. The Morgan fingerprint density at radius 1 is 1.40 bits per heavy atom. The fraction of sp³-hybridized carbons (Fsp3) is 0.308. The lowest BCUT2D eigenvalue weighted by Gasteiger charge is -2.03. The summed E-state index contributed by atoms with van der Waals surface area (Å²) >= 11 is 7.08. The van der Waals surface area contributed by atoms with Gasteiger partial charge in [-0.1, -0.05) is 37.2 Å². The maximum absolute atomic E-state index is 11.8. The number of anilines is 1. The number of H-pyrrole nitrogens is 1. The number of aromatic amines is 1. The normalized spacial score (nSPS) is 10.8. The molecule has 7 heteroatoms. The second-order valence-corrected chi connectivity index (χ2v) is 5.88. The maximum Gasteiger partial charge on any atom is 0.234 e. The zero-order valence-corrected chi connectivity index (χ0v) is 12.8.